The van der Waals surface area contributed by atoms with Gasteiger partial charge in [-0.3, -0.25) is 9.78 Å². The minimum atomic E-state index is 0.0284. The number of hydrogen-bond donors (Lipinski definition) is 1. The summed E-state index contributed by atoms with van der Waals surface area (Å²) in [7, 11) is 0. The van der Waals surface area contributed by atoms with E-state index in [-0.39, 0.29) is 11.9 Å². The van der Waals surface area contributed by atoms with Gasteiger partial charge in [-0.2, -0.15) is 0 Å². The summed E-state index contributed by atoms with van der Waals surface area (Å²) in [5, 5.41) is 4.57. The normalized spacial score (nSPS) is 17.8. The summed E-state index contributed by atoms with van der Waals surface area (Å²) >= 11 is 12.1. The van der Waals surface area contributed by atoms with Crippen LogP contribution in [-0.2, 0) is 11.2 Å². The van der Waals surface area contributed by atoms with Crippen LogP contribution in [-0.4, -0.2) is 35.4 Å². The number of halogens is 2. The fraction of sp³-hybridized carbons (Fsp3) is 0.333. The molecule has 126 valence electrons. The highest BCUT2D eigenvalue weighted by atomic mass is 35.5. The van der Waals surface area contributed by atoms with Crippen LogP contribution in [0, 0.1) is 0 Å². The molecule has 1 aromatic carbocycles. The van der Waals surface area contributed by atoms with Crippen molar-refractivity contribution in [1.29, 1.82) is 0 Å². The van der Waals surface area contributed by atoms with E-state index in [0.29, 0.717) is 29.4 Å². The minimum Gasteiger partial charge on any atom is -0.333 e. The van der Waals surface area contributed by atoms with Gasteiger partial charge < -0.3 is 10.2 Å². The predicted molar refractivity (Wildman–Crippen MR) is 96.3 cm³/mol. The summed E-state index contributed by atoms with van der Waals surface area (Å²) in [4.78, 5) is 18.9. The SMILES string of the molecule is O=C(CCc1ccc(Cl)cc1Cl)N1CCNCC1c1cccnc1. The largest absolute Gasteiger partial charge is 0.333 e. The van der Waals surface area contributed by atoms with E-state index >= 15 is 0 Å². The molecule has 4 nitrogen and oxygen atoms in total. The molecular formula is C18H19Cl2N3O. The molecule has 2 aromatic rings. The number of hydrogen-bond acceptors (Lipinski definition) is 3. The zero-order valence-corrected chi connectivity index (χ0v) is 14.7. The summed E-state index contributed by atoms with van der Waals surface area (Å²) in [6.07, 6.45) is 4.61. The van der Waals surface area contributed by atoms with E-state index in [1.807, 2.05) is 29.3 Å². The fourth-order valence-electron chi connectivity index (χ4n) is 2.98. The van der Waals surface area contributed by atoms with E-state index in [0.717, 1.165) is 24.2 Å². The van der Waals surface area contributed by atoms with Crippen LogP contribution in [0.3, 0.4) is 0 Å². The number of carbonyl (C=O) groups is 1. The lowest BCUT2D eigenvalue weighted by Gasteiger charge is -2.36. The molecule has 1 fully saturated rings. The van der Waals surface area contributed by atoms with E-state index in [1.165, 1.54) is 0 Å². The summed E-state index contributed by atoms with van der Waals surface area (Å²) in [5.74, 6) is 0.136. The number of benzene rings is 1. The molecule has 6 heteroatoms. The Morgan fingerprint density at radius 2 is 2.21 bits per heavy atom. The second-order valence-electron chi connectivity index (χ2n) is 5.83. The number of carbonyl (C=O) groups excluding carboxylic acids is 1. The number of piperazine rings is 1. The van der Waals surface area contributed by atoms with Crippen molar-refractivity contribution in [3.05, 3.63) is 63.9 Å². The molecule has 3 rings (SSSR count). The highest BCUT2D eigenvalue weighted by Gasteiger charge is 2.27. The molecule has 0 bridgehead atoms. The fourth-order valence-corrected chi connectivity index (χ4v) is 3.49. The van der Waals surface area contributed by atoms with Gasteiger partial charge in [-0.25, -0.2) is 0 Å². The first-order valence-corrected chi connectivity index (χ1v) is 8.75. The van der Waals surface area contributed by atoms with Gasteiger partial charge in [-0.15, -0.1) is 0 Å². The van der Waals surface area contributed by atoms with Crippen molar-refractivity contribution >= 4 is 29.1 Å². The topological polar surface area (TPSA) is 45.2 Å². The number of nitrogens with one attached hydrogen (secondary N) is 1. The van der Waals surface area contributed by atoms with Gasteiger partial charge in [0.1, 0.15) is 0 Å². The predicted octanol–water partition coefficient (Wildman–Crippen LogP) is 3.49. The average Bonchev–Trinajstić information content (AvgIpc) is 2.61. The Kier molecular flexibility index (Phi) is 5.72. The van der Waals surface area contributed by atoms with Gasteiger partial charge in [0.25, 0.3) is 0 Å². The summed E-state index contributed by atoms with van der Waals surface area (Å²) < 4.78 is 0. The lowest BCUT2D eigenvalue weighted by Crippen LogP contribution is -2.48. The zero-order valence-electron chi connectivity index (χ0n) is 13.2. The number of aryl methyl sites for hydroxylation is 1. The van der Waals surface area contributed by atoms with Crippen molar-refractivity contribution in [2.75, 3.05) is 19.6 Å². The van der Waals surface area contributed by atoms with Crippen molar-refractivity contribution in [1.82, 2.24) is 15.2 Å². The lowest BCUT2D eigenvalue weighted by atomic mass is 10.0. The van der Waals surface area contributed by atoms with E-state index in [4.69, 9.17) is 23.2 Å². The third kappa shape index (κ3) is 4.07. The van der Waals surface area contributed by atoms with Crippen LogP contribution in [0.25, 0.3) is 0 Å². The summed E-state index contributed by atoms with van der Waals surface area (Å²) in [6, 6.07) is 9.35. The van der Waals surface area contributed by atoms with Crippen molar-refractivity contribution in [2.24, 2.45) is 0 Å². The van der Waals surface area contributed by atoms with E-state index in [2.05, 4.69) is 10.3 Å². The summed E-state index contributed by atoms with van der Waals surface area (Å²) in [6.45, 7) is 2.26. The van der Waals surface area contributed by atoms with Crippen molar-refractivity contribution < 1.29 is 4.79 Å². The highest BCUT2D eigenvalue weighted by Crippen LogP contribution is 2.25. The third-order valence-electron chi connectivity index (χ3n) is 4.26. The molecule has 1 amide bonds. The molecule has 1 aromatic heterocycles. The van der Waals surface area contributed by atoms with Crippen molar-refractivity contribution in [2.45, 2.75) is 18.9 Å². The lowest BCUT2D eigenvalue weighted by molar-refractivity contribution is -0.134. The Morgan fingerprint density at radius 1 is 1.33 bits per heavy atom. The maximum atomic E-state index is 12.7. The molecule has 1 unspecified atom stereocenters. The first kappa shape index (κ1) is 17.2. The minimum absolute atomic E-state index is 0.0284. The Bertz CT molecular complexity index is 709. The molecule has 24 heavy (non-hydrogen) atoms. The van der Waals surface area contributed by atoms with Gasteiger partial charge in [-0.05, 0) is 35.7 Å². The van der Waals surface area contributed by atoms with Gasteiger partial charge in [0.05, 0.1) is 6.04 Å². The molecule has 0 radical (unpaired) electrons. The van der Waals surface area contributed by atoms with E-state index < -0.39 is 0 Å². The summed E-state index contributed by atoms with van der Waals surface area (Å²) in [5.41, 5.74) is 2.00. The van der Waals surface area contributed by atoms with Crippen LogP contribution in [0.5, 0.6) is 0 Å². The molecule has 1 N–H and O–H groups in total. The molecule has 2 heterocycles. The average molecular weight is 364 g/mol. The van der Waals surface area contributed by atoms with Gasteiger partial charge in [0.15, 0.2) is 0 Å². The highest BCUT2D eigenvalue weighted by molar-refractivity contribution is 6.35. The smallest absolute Gasteiger partial charge is 0.223 e. The van der Waals surface area contributed by atoms with Crippen LogP contribution < -0.4 is 5.32 Å². The van der Waals surface area contributed by atoms with Crippen LogP contribution in [0.4, 0.5) is 0 Å². The third-order valence-corrected chi connectivity index (χ3v) is 4.84. The van der Waals surface area contributed by atoms with E-state index in [1.54, 1.807) is 18.3 Å². The Morgan fingerprint density at radius 3 is 2.96 bits per heavy atom. The molecule has 1 aliphatic rings. The van der Waals surface area contributed by atoms with Gasteiger partial charge in [-0.1, -0.05) is 35.3 Å². The maximum Gasteiger partial charge on any atom is 0.223 e. The van der Waals surface area contributed by atoms with Crippen LogP contribution in [0.15, 0.2) is 42.7 Å². The van der Waals surface area contributed by atoms with Crippen molar-refractivity contribution in [3.8, 4) is 0 Å². The number of aromatic nitrogens is 1. The molecule has 1 saturated heterocycles. The van der Waals surface area contributed by atoms with Gasteiger partial charge in [0.2, 0.25) is 5.91 Å². The van der Waals surface area contributed by atoms with Crippen LogP contribution >= 0.6 is 23.2 Å². The molecular weight excluding hydrogens is 345 g/mol. The number of amides is 1. The molecule has 0 aliphatic carbocycles. The van der Waals surface area contributed by atoms with Crippen molar-refractivity contribution in [3.63, 3.8) is 0 Å². The van der Waals surface area contributed by atoms with Gasteiger partial charge in [0, 0.05) is 48.5 Å². The Labute approximate surface area is 151 Å². The van der Waals surface area contributed by atoms with Gasteiger partial charge >= 0.3 is 0 Å². The Hall–Kier alpha value is -1.62. The second-order valence-corrected chi connectivity index (χ2v) is 6.67. The molecule has 1 atom stereocenters. The number of rotatable bonds is 4. The number of nitrogens with zero attached hydrogens (tertiary/aromatic N) is 2. The molecule has 1 aliphatic heterocycles. The van der Waals surface area contributed by atoms with Crippen LogP contribution in [0.2, 0.25) is 10.0 Å². The molecule has 0 saturated carbocycles. The van der Waals surface area contributed by atoms with E-state index in [9.17, 15) is 4.79 Å². The number of pyridine rings is 1. The monoisotopic (exact) mass is 363 g/mol. The second kappa shape index (κ2) is 7.97. The van der Waals surface area contributed by atoms with Crippen LogP contribution in [0.1, 0.15) is 23.6 Å². The Balaban J connectivity index is 1.68. The first-order chi connectivity index (χ1) is 11.6. The molecule has 0 spiro atoms. The maximum absolute atomic E-state index is 12.7. The zero-order chi connectivity index (χ0) is 16.9. The standard InChI is InChI=1S/C18H19Cl2N3O/c19-15-5-3-13(16(20)10-15)4-6-18(24)23-9-8-22-12-17(23)14-2-1-7-21-11-14/h1-3,5,7,10-11,17,22H,4,6,8-9,12H2. The first-order valence-electron chi connectivity index (χ1n) is 7.99. The quantitative estimate of drug-likeness (QED) is 0.903.